The highest BCUT2D eigenvalue weighted by molar-refractivity contribution is 6.06. The van der Waals surface area contributed by atoms with E-state index in [0.29, 0.717) is 17.9 Å². The molecule has 6 heterocycles. The number of rotatable bonds is 4. The highest BCUT2D eigenvalue weighted by Gasteiger charge is 2.54. The van der Waals surface area contributed by atoms with Gasteiger partial charge in [-0.1, -0.05) is 6.07 Å². The molecule has 1 N–H and O–H groups in total. The fraction of sp³-hybridized carbons (Fsp3) is 0.407. The molecule has 3 aliphatic heterocycles. The molecule has 1 aromatic carbocycles. The highest BCUT2D eigenvalue weighted by atomic mass is 16.5. The van der Waals surface area contributed by atoms with Crippen LogP contribution in [-0.4, -0.2) is 65.6 Å². The fourth-order valence-corrected chi connectivity index (χ4v) is 6.29. The number of carbonyl (C=O) groups is 1. The Hall–Kier alpha value is -3.76. The SMILES string of the molecule is CCn1c(-c2cnc(C)nc2)nc2c(-c3ccc4c(c3)[C@](C)(N3CCC5OCCC53)C(=O)N4)ncnc21. The molecule has 2 saturated heterocycles. The third-order valence-electron chi connectivity index (χ3n) is 8.20. The quantitative estimate of drug-likeness (QED) is 0.458. The number of nitrogens with one attached hydrogen (secondary N) is 1. The van der Waals surface area contributed by atoms with Crippen LogP contribution in [0.5, 0.6) is 0 Å². The average Bonchev–Trinajstić information content (AvgIpc) is 3.66. The van der Waals surface area contributed by atoms with E-state index >= 15 is 0 Å². The van der Waals surface area contributed by atoms with Gasteiger partial charge in [0.05, 0.1) is 11.7 Å². The van der Waals surface area contributed by atoms with Crippen molar-refractivity contribution < 1.29 is 9.53 Å². The number of ether oxygens (including phenoxy) is 1. The monoisotopic (exact) mass is 496 g/mol. The van der Waals surface area contributed by atoms with Gasteiger partial charge >= 0.3 is 0 Å². The molecule has 10 nitrogen and oxygen atoms in total. The molecule has 3 aromatic heterocycles. The van der Waals surface area contributed by atoms with Crippen molar-refractivity contribution in [2.45, 2.75) is 57.8 Å². The Morgan fingerprint density at radius 3 is 2.78 bits per heavy atom. The number of anilines is 1. The lowest BCUT2D eigenvalue weighted by molar-refractivity contribution is -0.127. The Kier molecular flexibility index (Phi) is 4.93. The zero-order valence-corrected chi connectivity index (χ0v) is 21.1. The van der Waals surface area contributed by atoms with Crippen LogP contribution >= 0.6 is 0 Å². The van der Waals surface area contributed by atoms with Crippen LogP contribution in [0.15, 0.2) is 36.9 Å². The van der Waals surface area contributed by atoms with E-state index in [0.717, 1.165) is 65.5 Å². The lowest BCUT2D eigenvalue weighted by Gasteiger charge is -2.37. The van der Waals surface area contributed by atoms with Crippen molar-refractivity contribution in [1.29, 1.82) is 0 Å². The number of likely N-dealkylation sites (tertiary alicyclic amines) is 1. The first-order chi connectivity index (χ1) is 18.0. The molecule has 0 radical (unpaired) electrons. The van der Waals surface area contributed by atoms with Crippen molar-refractivity contribution in [2.24, 2.45) is 0 Å². The lowest BCUT2D eigenvalue weighted by atomic mass is 9.88. The molecular weight excluding hydrogens is 468 g/mol. The number of aryl methyl sites for hydroxylation is 2. The normalized spacial score (nSPS) is 25.0. The van der Waals surface area contributed by atoms with Crippen molar-refractivity contribution >= 4 is 22.8 Å². The summed E-state index contributed by atoms with van der Waals surface area (Å²) in [5.74, 6) is 1.48. The van der Waals surface area contributed by atoms with Gasteiger partial charge in [-0.3, -0.25) is 9.69 Å². The van der Waals surface area contributed by atoms with Crippen LogP contribution in [0.4, 0.5) is 5.69 Å². The van der Waals surface area contributed by atoms with Crippen molar-refractivity contribution in [3.63, 3.8) is 0 Å². The first-order valence-corrected chi connectivity index (χ1v) is 12.8. The minimum absolute atomic E-state index is 0.0111. The Balaban J connectivity index is 1.36. The molecular formula is C27H28N8O2. The van der Waals surface area contributed by atoms with Crippen LogP contribution in [0.3, 0.4) is 0 Å². The minimum atomic E-state index is -0.766. The number of benzene rings is 1. The molecule has 3 atom stereocenters. The van der Waals surface area contributed by atoms with Gasteiger partial charge in [0, 0.05) is 54.9 Å². The van der Waals surface area contributed by atoms with Gasteiger partial charge in [0.1, 0.15) is 34.7 Å². The summed E-state index contributed by atoms with van der Waals surface area (Å²) < 4.78 is 7.99. The summed E-state index contributed by atoms with van der Waals surface area (Å²) in [6.45, 7) is 8.24. The van der Waals surface area contributed by atoms with Gasteiger partial charge in [-0.25, -0.2) is 24.9 Å². The fourth-order valence-electron chi connectivity index (χ4n) is 6.29. The highest BCUT2D eigenvalue weighted by Crippen LogP contribution is 2.47. The number of nitrogens with zero attached hydrogens (tertiary/aromatic N) is 7. The van der Waals surface area contributed by atoms with Crippen molar-refractivity contribution in [1.82, 2.24) is 34.4 Å². The van der Waals surface area contributed by atoms with E-state index in [4.69, 9.17) is 9.72 Å². The first kappa shape index (κ1) is 22.4. The maximum atomic E-state index is 13.4. The molecule has 0 saturated carbocycles. The van der Waals surface area contributed by atoms with Gasteiger partial charge < -0.3 is 14.6 Å². The molecule has 2 unspecified atom stereocenters. The Labute approximate surface area is 214 Å². The van der Waals surface area contributed by atoms with Gasteiger partial charge in [0.2, 0.25) is 5.91 Å². The van der Waals surface area contributed by atoms with E-state index in [9.17, 15) is 4.79 Å². The summed E-state index contributed by atoms with van der Waals surface area (Å²) in [6, 6.07) is 6.33. The summed E-state index contributed by atoms with van der Waals surface area (Å²) in [5, 5.41) is 3.12. The lowest BCUT2D eigenvalue weighted by Crippen LogP contribution is -2.51. The minimum Gasteiger partial charge on any atom is -0.376 e. The third kappa shape index (κ3) is 3.18. The average molecular weight is 497 g/mol. The second-order valence-electron chi connectivity index (χ2n) is 10.1. The summed E-state index contributed by atoms with van der Waals surface area (Å²) >= 11 is 0. The molecule has 3 aliphatic rings. The summed E-state index contributed by atoms with van der Waals surface area (Å²) in [5.41, 5.74) is 4.99. The first-order valence-electron chi connectivity index (χ1n) is 12.8. The van der Waals surface area contributed by atoms with Gasteiger partial charge in [-0.05, 0) is 45.7 Å². The molecule has 10 heteroatoms. The summed E-state index contributed by atoms with van der Waals surface area (Å²) in [4.78, 5) is 38.7. The molecule has 188 valence electrons. The maximum Gasteiger partial charge on any atom is 0.249 e. The molecule has 0 bridgehead atoms. The smallest absolute Gasteiger partial charge is 0.249 e. The van der Waals surface area contributed by atoms with Crippen LogP contribution in [-0.2, 0) is 21.6 Å². The van der Waals surface area contributed by atoms with Gasteiger partial charge in [0.25, 0.3) is 0 Å². The van der Waals surface area contributed by atoms with Crippen molar-refractivity contribution in [2.75, 3.05) is 18.5 Å². The Morgan fingerprint density at radius 2 is 1.97 bits per heavy atom. The number of amides is 1. The number of hydrogen-bond donors (Lipinski definition) is 1. The molecule has 7 rings (SSSR count). The zero-order chi connectivity index (χ0) is 25.3. The molecule has 4 aromatic rings. The number of hydrogen-bond acceptors (Lipinski definition) is 8. The standard InChI is InChI=1S/C27H28N8O2/c1-4-34-24(17-12-28-15(2)29-13-17)33-23-22(30-14-31-25(23)34)16-5-6-19-18(11-16)27(3,26(36)32-19)35-9-7-21-20(35)8-10-37-21/h5-6,11-14,20-21H,4,7-10H2,1-3H3,(H,32,36)/t20?,21?,27-/m0/s1. The topological polar surface area (TPSA) is 111 Å². The van der Waals surface area contributed by atoms with Crippen LogP contribution in [0.2, 0.25) is 0 Å². The number of imidazole rings is 1. The Bertz CT molecular complexity index is 1550. The van der Waals surface area contributed by atoms with E-state index in [2.05, 4.69) is 47.7 Å². The predicted molar refractivity (Wildman–Crippen MR) is 138 cm³/mol. The second kappa shape index (κ2) is 8.12. The van der Waals surface area contributed by atoms with Crippen LogP contribution in [0, 0.1) is 6.92 Å². The number of aromatic nitrogens is 6. The van der Waals surface area contributed by atoms with Gasteiger partial charge in [0.15, 0.2) is 5.65 Å². The van der Waals surface area contributed by atoms with Gasteiger partial charge in [-0.15, -0.1) is 0 Å². The largest absolute Gasteiger partial charge is 0.376 e. The predicted octanol–water partition coefficient (Wildman–Crippen LogP) is 3.31. The van der Waals surface area contributed by atoms with Crippen LogP contribution in [0.1, 0.15) is 38.1 Å². The zero-order valence-electron chi connectivity index (χ0n) is 21.1. The molecule has 0 aliphatic carbocycles. The van der Waals surface area contributed by atoms with Crippen LogP contribution < -0.4 is 5.32 Å². The van der Waals surface area contributed by atoms with Crippen molar-refractivity contribution in [3.05, 3.63) is 48.3 Å². The molecule has 1 amide bonds. The van der Waals surface area contributed by atoms with E-state index in [-0.39, 0.29) is 18.1 Å². The van der Waals surface area contributed by atoms with Gasteiger partial charge in [-0.2, -0.15) is 0 Å². The van der Waals surface area contributed by atoms with Crippen molar-refractivity contribution in [3.8, 4) is 22.6 Å². The van der Waals surface area contributed by atoms with E-state index in [1.54, 1.807) is 18.7 Å². The third-order valence-corrected chi connectivity index (χ3v) is 8.20. The van der Waals surface area contributed by atoms with E-state index < -0.39 is 5.54 Å². The Morgan fingerprint density at radius 1 is 1.14 bits per heavy atom. The van der Waals surface area contributed by atoms with E-state index in [1.165, 1.54) is 0 Å². The van der Waals surface area contributed by atoms with Crippen LogP contribution in [0.25, 0.3) is 33.8 Å². The molecule has 2 fully saturated rings. The maximum absolute atomic E-state index is 13.4. The number of fused-ring (bicyclic) bond motifs is 3. The molecule has 37 heavy (non-hydrogen) atoms. The summed E-state index contributed by atoms with van der Waals surface area (Å²) in [7, 11) is 0. The van der Waals surface area contributed by atoms with E-state index in [1.807, 2.05) is 26.0 Å². The number of carbonyl (C=O) groups excluding carboxylic acids is 1. The molecule has 0 spiro atoms. The second-order valence-corrected chi connectivity index (χ2v) is 10.1. The summed E-state index contributed by atoms with van der Waals surface area (Å²) in [6.07, 6.45) is 7.27.